The van der Waals surface area contributed by atoms with Crippen molar-refractivity contribution in [1.29, 1.82) is 0 Å². The van der Waals surface area contributed by atoms with Gasteiger partial charge in [0.05, 0.1) is 29.2 Å². The van der Waals surface area contributed by atoms with Gasteiger partial charge in [-0.2, -0.15) is 0 Å². The van der Waals surface area contributed by atoms with Crippen LogP contribution in [0.3, 0.4) is 0 Å². The van der Waals surface area contributed by atoms with Crippen LogP contribution in [0.2, 0.25) is 0 Å². The Labute approximate surface area is 127 Å². The first-order valence-corrected chi connectivity index (χ1v) is 7.96. The van der Waals surface area contributed by atoms with E-state index in [1.165, 1.54) is 12.7 Å². The van der Waals surface area contributed by atoms with Crippen molar-refractivity contribution in [3.05, 3.63) is 64.7 Å². The molecule has 1 unspecified atom stereocenters. The molecule has 0 saturated heterocycles. The monoisotopic (exact) mass is 302 g/mol. The third-order valence-electron chi connectivity index (χ3n) is 3.45. The van der Waals surface area contributed by atoms with Gasteiger partial charge in [-0.1, -0.05) is 24.3 Å². The molecule has 0 spiro atoms. The first kappa shape index (κ1) is 15.4. The van der Waals surface area contributed by atoms with Crippen LogP contribution in [0.15, 0.2) is 47.4 Å². The molecule has 0 saturated carbocycles. The van der Waals surface area contributed by atoms with Crippen molar-refractivity contribution < 1.29 is 13.7 Å². The Morgan fingerprint density at radius 1 is 1.10 bits per heavy atom. The van der Waals surface area contributed by atoms with Gasteiger partial charge in [0, 0.05) is 4.90 Å². The summed E-state index contributed by atoms with van der Waals surface area (Å²) in [6.07, 6.45) is 0. The Kier molecular flexibility index (Phi) is 4.91. The second-order valence-electron chi connectivity index (χ2n) is 4.88. The molecule has 2 aromatic rings. The Hall–Kier alpha value is -1.94. The van der Waals surface area contributed by atoms with Crippen LogP contribution in [-0.2, 0) is 21.3 Å². The highest BCUT2D eigenvalue weighted by Gasteiger charge is 2.14. The van der Waals surface area contributed by atoms with Gasteiger partial charge in [0.1, 0.15) is 0 Å². The molecule has 0 aromatic heterocycles. The van der Waals surface area contributed by atoms with Gasteiger partial charge in [-0.3, -0.25) is 4.21 Å². The van der Waals surface area contributed by atoms with Gasteiger partial charge < -0.3 is 4.74 Å². The average Bonchev–Trinajstić information content (AvgIpc) is 2.49. The second-order valence-corrected chi connectivity index (χ2v) is 6.34. The minimum Gasteiger partial charge on any atom is -0.465 e. The second kappa shape index (κ2) is 6.68. The minimum atomic E-state index is -1.19. The van der Waals surface area contributed by atoms with Crippen LogP contribution in [-0.4, -0.2) is 17.3 Å². The Balaban J connectivity index is 2.27. The van der Waals surface area contributed by atoms with Gasteiger partial charge in [-0.05, 0) is 48.7 Å². The molecule has 110 valence electrons. The number of rotatable bonds is 4. The summed E-state index contributed by atoms with van der Waals surface area (Å²) in [4.78, 5) is 12.5. The predicted octanol–water partition coefficient (Wildman–Crippen LogP) is 3.40. The van der Waals surface area contributed by atoms with Gasteiger partial charge in [-0.25, -0.2) is 4.79 Å². The number of methoxy groups -OCH3 is 1. The maximum absolute atomic E-state index is 12.5. The van der Waals surface area contributed by atoms with E-state index in [1.807, 2.05) is 44.2 Å². The number of hydrogen-bond acceptors (Lipinski definition) is 3. The topological polar surface area (TPSA) is 43.4 Å². The molecule has 2 aromatic carbocycles. The van der Waals surface area contributed by atoms with Gasteiger partial charge in [0.25, 0.3) is 0 Å². The van der Waals surface area contributed by atoms with Crippen LogP contribution in [0.4, 0.5) is 0 Å². The molecule has 3 nitrogen and oxygen atoms in total. The Morgan fingerprint density at radius 2 is 1.81 bits per heavy atom. The van der Waals surface area contributed by atoms with Crippen molar-refractivity contribution in [2.75, 3.05) is 7.11 Å². The highest BCUT2D eigenvalue weighted by atomic mass is 32.2. The summed E-state index contributed by atoms with van der Waals surface area (Å²) in [7, 11) is 0.157. The lowest BCUT2D eigenvalue weighted by atomic mass is 10.1. The molecule has 2 rings (SSSR count). The maximum Gasteiger partial charge on any atom is 0.338 e. The molecule has 0 aliphatic heterocycles. The summed E-state index contributed by atoms with van der Waals surface area (Å²) in [6.45, 7) is 4.02. The first-order valence-electron chi connectivity index (χ1n) is 6.64. The van der Waals surface area contributed by atoms with Crippen LogP contribution in [0.5, 0.6) is 0 Å². The van der Waals surface area contributed by atoms with Crippen molar-refractivity contribution in [1.82, 2.24) is 0 Å². The molecule has 0 fully saturated rings. The van der Waals surface area contributed by atoms with Gasteiger partial charge in [0.15, 0.2) is 0 Å². The molecule has 0 aliphatic rings. The quantitative estimate of drug-likeness (QED) is 0.813. The molecule has 0 bridgehead atoms. The van der Waals surface area contributed by atoms with E-state index in [0.717, 1.165) is 16.0 Å². The number of hydrogen-bond donors (Lipinski definition) is 0. The van der Waals surface area contributed by atoms with Crippen LogP contribution in [0.1, 0.15) is 27.0 Å². The van der Waals surface area contributed by atoms with E-state index >= 15 is 0 Å². The number of aryl methyl sites for hydroxylation is 2. The van der Waals surface area contributed by atoms with Gasteiger partial charge in [-0.15, -0.1) is 0 Å². The summed E-state index contributed by atoms with van der Waals surface area (Å²) in [5.74, 6) is -0.101. The van der Waals surface area contributed by atoms with Crippen molar-refractivity contribution in [2.45, 2.75) is 24.5 Å². The Morgan fingerprint density at radius 3 is 2.48 bits per heavy atom. The summed E-state index contributed by atoms with van der Waals surface area (Å²) in [6, 6.07) is 12.9. The zero-order valence-corrected chi connectivity index (χ0v) is 13.2. The normalized spacial score (nSPS) is 12.0. The fourth-order valence-electron chi connectivity index (χ4n) is 2.04. The molecule has 21 heavy (non-hydrogen) atoms. The first-order chi connectivity index (χ1) is 10.0. The number of esters is 1. The number of carbonyl (C=O) groups excluding carboxylic acids is 1. The number of ether oxygens (including phenoxy) is 1. The lowest BCUT2D eigenvalue weighted by Crippen LogP contribution is -2.07. The maximum atomic E-state index is 12.5. The average molecular weight is 302 g/mol. The van der Waals surface area contributed by atoms with Crippen LogP contribution >= 0.6 is 0 Å². The molecule has 0 heterocycles. The highest BCUT2D eigenvalue weighted by molar-refractivity contribution is 7.84. The molecular weight excluding hydrogens is 284 g/mol. The van der Waals surface area contributed by atoms with E-state index in [0.29, 0.717) is 11.3 Å². The third-order valence-corrected chi connectivity index (χ3v) is 4.80. The molecule has 0 radical (unpaired) electrons. The van der Waals surface area contributed by atoms with Gasteiger partial charge in [0.2, 0.25) is 0 Å². The van der Waals surface area contributed by atoms with E-state index in [1.54, 1.807) is 12.1 Å². The Bertz CT molecular complexity index is 692. The summed E-state index contributed by atoms with van der Waals surface area (Å²) >= 11 is 0. The summed E-state index contributed by atoms with van der Waals surface area (Å²) < 4.78 is 17.3. The predicted molar refractivity (Wildman–Crippen MR) is 83.8 cm³/mol. The zero-order valence-electron chi connectivity index (χ0n) is 12.4. The molecule has 0 N–H and O–H groups in total. The standard InChI is InChI=1S/C17H18O3S/c1-12-8-9-15(10-13(12)2)21(19)11-14-6-4-5-7-16(14)17(18)20-3/h4-10H,11H2,1-3H3. The highest BCUT2D eigenvalue weighted by Crippen LogP contribution is 2.19. The lowest BCUT2D eigenvalue weighted by molar-refractivity contribution is 0.0600. The van der Waals surface area contributed by atoms with E-state index < -0.39 is 16.8 Å². The largest absolute Gasteiger partial charge is 0.465 e. The minimum absolute atomic E-state index is 0.299. The molecular formula is C17H18O3S. The van der Waals surface area contributed by atoms with E-state index in [-0.39, 0.29) is 0 Å². The zero-order chi connectivity index (χ0) is 15.4. The van der Waals surface area contributed by atoms with E-state index in [4.69, 9.17) is 4.74 Å². The molecule has 1 atom stereocenters. The van der Waals surface area contributed by atoms with Crippen LogP contribution in [0, 0.1) is 13.8 Å². The van der Waals surface area contributed by atoms with Crippen LogP contribution < -0.4 is 0 Å². The SMILES string of the molecule is COC(=O)c1ccccc1CS(=O)c1ccc(C)c(C)c1. The van der Waals surface area contributed by atoms with Crippen molar-refractivity contribution in [2.24, 2.45) is 0 Å². The van der Waals surface area contributed by atoms with Crippen LogP contribution in [0.25, 0.3) is 0 Å². The third kappa shape index (κ3) is 3.58. The smallest absolute Gasteiger partial charge is 0.338 e. The molecule has 0 amide bonds. The molecule has 0 aliphatic carbocycles. The number of carbonyl (C=O) groups is 1. The fraction of sp³-hybridized carbons (Fsp3) is 0.235. The van der Waals surface area contributed by atoms with Gasteiger partial charge >= 0.3 is 5.97 Å². The summed E-state index contributed by atoms with van der Waals surface area (Å²) in [5, 5.41) is 0. The lowest BCUT2D eigenvalue weighted by Gasteiger charge is -2.09. The van der Waals surface area contributed by atoms with Crippen molar-refractivity contribution >= 4 is 16.8 Å². The van der Waals surface area contributed by atoms with E-state index in [9.17, 15) is 9.00 Å². The molecule has 4 heteroatoms. The number of benzene rings is 2. The fourth-order valence-corrected chi connectivity index (χ4v) is 3.26. The van der Waals surface area contributed by atoms with Crippen molar-refractivity contribution in [3.8, 4) is 0 Å². The van der Waals surface area contributed by atoms with Crippen molar-refractivity contribution in [3.63, 3.8) is 0 Å². The van der Waals surface area contributed by atoms with E-state index in [2.05, 4.69) is 0 Å². The summed E-state index contributed by atoms with van der Waals surface area (Å²) in [5.41, 5.74) is 3.49.